The standard InChI is InChI=1S/C4H9O.C3H8N2.K/c1-4(2,3)5;4-3-1-5-2-3;/h1-3H3;3,5H,1-2,4H2;/q-1;;+1. The summed E-state index contributed by atoms with van der Waals surface area (Å²) in [5.74, 6) is 0. The molecule has 0 saturated carbocycles. The minimum Gasteiger partial charge on any atom is -0.850 e. The molecule has 0 atom stereocenters. The van der Waals surface area contributed by atoms with Crippen LogP contribution in [0.15, 0.2) is 0 Å². The van der Waals surface area contributed by atoms with Gasteiger partial charge in [-0.1, -0.05) is 20.8 Å². The van der Waals surface area contributed by atoms with E-state index in [-0.39, 0.29) is 51.4 Å². The molecule has 0 aromatic rings. The molecular formula is C7H17KN2O. The summed E-state index contributed by atoms with van der Waals surface area (Å²) in [4.78, 5) is 0. The molecule has 1 saturated heterocycles. The Morgan fingerprint density at radius 2 is 1.55 bits per heavy atom. The first-order valence-electron chi connectivity index (χ1n) is 3.56. The van der Waals surface area contributed by atoms with Gasteiger partial charge in [-0.2, -0.15) is 0 Å². The van der Waals surface area contributed by atoms with Crippen LogP contribution in [0.1, 0.15) is 20.8 Å². The Bertz CT molecular complexity index is 82.9. The van der Waals surface area contributed by atoms with Crippen molar-refractivity contribution in [2.45, 2.75) is 32.4 Å². The van der Waals surface area contributed by atoms with Crippen LogP contribution in [0.4, 0.5) is 0 Å². The van der Waals surface area contributed by atoms with E-state index in [1.165, 1.54) is 0 Å². The van der Waals surface area contributed by atoms with Gasteiger partial charge in [0.1, 0.15) is 0 Å². The fourth-order valence-corrected chi connectivity index (χ4v) is 0.311. The second kappa shape index (κ2) is 6.97. The number of rotatable bonds is 0. The Morgan fingerprint density at radius 3 is 1.55 bits per heavy atom. The summed E-state index contributed by atoms with van der Waals surface area (Å²) in [6.07, 6.45) is 0. The molecule has 11 heavy (non-hydrogen) atoms. The maximum Gasteiger partial charge on any atom is 1.00 e. The van der Waals surface area contributed by atoms with Gasteiger partial charge in [0.25, 0.3) is 0 Å². The van der Waals surface area contributed by atoms with Crippen molar-refractivity contribution in [3.8, 4) is 0 Å². The largest absolute Gasteiger partial charge is 1.00 e. The minimum atomic E-state index is -0.750. The summed E-state index contributed by atoms with van der Waals surface area (Å²) in [5, 5.41) is 13.1. The van der Waals surface area contributed by atoms with E-state index in [4.69, 9.17) is 5.73 Å². The van der Waals surface area contributed by atoms with Crippen molar-refractivity contribution in [1.29, 1.82) is 0 Å². The molecule has 1 heterocycles. The quantitative estimate of drug-likeness (QED) is 0.378. The van der Waals surface area contributed by atoms with Gasteiger partial charge in [0, 0.05) is 19.1 Å². The number of hydrogen-bond donors (Lipinski definition) is 2. The van der Waals surface area contributed by atoms with Crippen molar-refractivity contribution in [1.82, 2.24) is 5.32 Å². The summed E-state index contributed by atoms with van der Waals surface area (Å²) in [5.41, 5.74) is 4.57. The number of nitrogens with one attached hydrogen (secondary N) is 1. The Labute approximate surface area is 112 Å². The van der Waals surface area contributed by atoms with Crippen LogP contribution in [0, 0.1) is 0 Å². The Hall–Kier alpha value is 1.52. The summed E-state index contributed by atoms with van der Waals surface area (Å²) >= 11 is 0. The van der Waals surface area contributed by atoms with Gasteiger partial charge in [-0.3, -0.25) is 0 Å². The third-order valence-electron chi connectivity index (χ3n) is 0.813. The van der Waals surface area contributed by atoms with Gasteiger partial charge >= 0.3 is 51.4 Å². The van der Waals surface area contributed by atoms with Crippen molar-refractivity contribution in [3.63, 3.8) is 0 Å². The molecule has 1 aliphatic rings. The molecule has 3 nitrogen and oxygen atoms in total. The summed E-state index contributed by atoms with van der Waals surface area (Å²) in [7, 11) is 0. The van der Waals surface area contributed by atoms with E-state index in [0.717, 1.165) is 13.1 Å². The van der Waals surface area contributed by atoms with Crippen LogP contribution >= 0.6 is 0 Å². The van der Waals surface area contributed by atoms with Gasteiger partial charge in [-0.05, 0) is 0 Å². The zero-order valence-corrected chi connectivity index (χ0v) is 11.1. The summed E-state index contributed by atoms with van der Waals surface area (Å²) in [6.45, 7) is 6.92. The molecule has 4 heteroatoms. The molecule has 1 fully saturated rings. The average molecular weight is 184 g/mol. The van der Waals surface area contributed by atoms with Gasteiger partial charge in [0.05, 0.1) is 0 Å². The molecular weight excluding hydrogens is 167 g/mol. The molecule has 0 aliphatic carbocycles. The second-order valence-corrected chi connectivity index (χ2v) is 3.53. The van der Waals surface area contributed by atoms with Crippen molar-refractivity contribution in [3.05, 3.63) is 0 Å². The van der Waals surface area contributed by atoms with Crippen LogP contribution in [-0.4, -0.2) is 24.7 Å². The van der Waals surface area contributed by atoms with Crippen LogP contribution in [0.2, 0.25) is 0 Å². The predicted molar refractivity (Wildman–Crippen MR) is 40.6 cm³/mol. The molecule has 3 N–H and O–H groups in total. The molecule has 0 unspecified atom stereocenters. The first kappa shape index (κ1) is 15.0. The molecule has 1 aliphatic heterocycles. The van der Waals surface area contributed by atoms with E-state index in [9.17, 15) is 5.11 Å². The molecule has 0 radical (unpaired) electrons. The van der Waals surface area contributed by atoms with E-state index in [0.29, 0.717) is 6.04 Å². The van der Waals surface area contributed by atoms with Gasteiger partial charge in [-0.15, -0.1) is 5.60 Å². The zero-order valence-electron chi connectivity index (χ0n) is 7.98. The Morgan fingerprint density at radius 1 is 1.36 bits per heavy atom. The smallest absolute Gasteiger partial charge is 0.850 e. The Kier molecular flexibility index (Phi) is 9.51. The zero-order chi connectivity index (χ0) is 8.20. The second-order valence-electron chi connectivity index (χ2n) is 3.53. The van der Waals surface area contributed by atoms with Gasteiger partial charge in [0.15, 0.2) is 0 Å². The maximum absolute atomic E-state index is 10.1. The molecule has 0 bridgehead atoms. The summed E-state index contributed by atoms with van der Waals surface area (Å²) in [6, 6.07) is 0.454. The molecule has 62 valence electrons. The van der Waals surface area contributed by atoms with Crippen molar-refractivity contribution >= 4 is 0 Å². The third-order valence-corrected chi connectivity index (χ3v) is 0.813. The van der Waals surface area contributed by atoms with E-state index < -0.39 is 5.60 Å². The first-order valence-corrected chi connectivity index (χ1v) is 3.56. The monoisotopic (exact) mass is 184 g/mol. The van der Waals surface area contributed by atoms with Crippen LogP contribution in [0.25, 0.3) is 0 Å². The van der Waals surface area contributed by atoms with Gasteiger partial charge < -0.3 is 16.2 Å². The van der Waals surface area contributed by atoms with Crippen LogP contribution in [0.3, 0.4) is 0 Å². The first-order chi connectivity index (χ1) is 4.39. The Balaban J connectivity index is 0. The normalized spacial score (nSPS) is 17.2. The maximum atomic E-state index is 10.1. The molecule has 0 amide bonds. The van der Waals surface area contributed by atoms with Gasteiger partial charge in [0.2, 0.25) is 0 Å². The predicted octanol–water partition coefficient (Wildman–Crippen LogP) is -3.93. The average Bonchev–Trinajstić information content (AvgIpc) is 1.56. The fourth-order valence-electron chi connectivity index (χ4n) is 0.311. The molecule has 0 aromatic heterocycles. The molecule has 1 rings (SSSR count). The van der Waals surface area contributed by atoms with Crippen LogP contribution < -0.4 is 67.5 Å². The van der Waals surface area contributed by atoms with E-state index >= 15 is 0 Å². The number of nitrogens with two attached hydrogens (primary N) is 1. The number of hydrogen-bond acceptors (Lipinski definition) is 3. The third kappa shape index (κ3) is 18.5. The van der Waals surface area contributed by atoms with Crippen LogP contribution in [0.5, 0.6) is 0 Å². The van der Waals surface area contributed by atoms with Gasteiger partial charge in [-0.25, -0.2) is 0 Å². The molecule has 0 spiro atoms. The van der Waals surface area contributed by atoms with Crippen molar-refractivity contribution in [2.75, 3.05) is 13.1 Å². The molecule has 0 aromatic carbocycles. The summed E-state index contributed by atoms with van der Waals surface area (Å²) < 4.78 is 0. The fraction of sp³-hybridized carbons (Fsp3) is 1.00. The van der Waals surface area contributed by atoms with E-state index in [1.807, 2.05) is 0 Å². The van der Waals surface area contributed by atoms with Crippen LogP contribution in [-0.2, 0) is 0 Å². The minimum absolute atomic E-state index is 0. The van der Waals surface area contributed by atoms with Crippen molar-refractivity contribution < 1.29 is 56.5 Å². The SMILES string of the molecule is CC(C)(C)[O-].NC1CNC1.[K+]. The topological polar surface area (TPSA) is 61.1 Å². The van der Waals surface area contributed by atoms with Crippen molar-refractivity contribution in [2.24, 2.45) is 5.73 Å². The van der Waals surface area contributed by atoms with E-state index in [2.05, 4.69) is 5.32 Å². The van der Waals surface area contributed by atoms with E-state index in [1.54, 1.807) is 20.8 Å².